The maximum Gasteiger partial charge on any atom is 0.328 e. The summed E-state index contributed by atoms with van der Waals surface area (Å²) >= 11 is 0. The average molecular weight is 568 g/mol. The minimum Gasteiger partial charge on any atom is -0.478 e. The molecule has 41 heavy (non-hydrogen) atoms. The quantitative estimate of drug-likeness (QED) is 0.265. The number of benzene rings is 3. The Hall–Kier alpha value is -4.37. The van der Waals surface area contributed by atoms with E-state index in [1.165, 1.54) is 30.3 Å². The van der Waals surface area contributed by atoms with Crippen LogP contribution in [0.25, 0.3) is 0 Å². The van der Waals surface area contributed by atoms with E-state index in [-0.39, 0.29) is 23.4 Å². The van der Waals surface area contributed by atoms with Crippen LogP contribution in [0.2, 0.25) is 0 Å². The summed E-state index contributed by atoms with van der Waals surface area (Å²) < 4.78 is 46.2. The lowest BCUT2D eigenvalue weighted by molar-refractivity contribution is -0.134. The molecule has 1 heterocycles. The van der Waals surface area contributed by atoms with Crippen LogP contribution in [0, 0.1) is 24.4 Å². The first-order valence-electron chi connectivity index (χ1n) is 13.1. The zero-order valence-corrected chi connectivity index (χ0v) is 22.6. The van der Waals surface area contributed by atoms with Gasteiger partial charge in [-0.3, -0.25) is 4.90 Å². The van der Waals surface area contributed by atoms with Crippen molar-refractivity contribution in [3.8, 4) is 5.75 Å². The molecule has 9 heteroatoms. The third-order valence-electron chi connectivity index (χ3n) is 6.51. The number of halogens is 3. The van der Waals surface area contributed by atoms with Crippen molar-refractivity contribution < 1.29 is 37.7 Å². The maximum atomic E-state index is 13.4. The van der Waals surface area contributed by atoms with Gasteiger partial charge < -0.3 is 14.9 Å². The van der Waals surface area contributed by atoms with Crippen LogP contribution in [0.4, 0.5) is 13.2 Å². The van der Waals surface area contributed by atoms with E-state index in [4.69, 9.17) is 14.9 Å². The molecular weight excluding hydrogens is 535 g/mol. The summed E-state index contributed by atoms with van der Waals surface area (Å²) in [6, 6.07) is 18.0. The monoisotopic (exact) mass is 567 g/mol. The van der Waals surface area contributed by atoms with E-state index in [0.29, 0.717) is 23.5 Å². The Bertz CT molecular complexity index is 1310. The molecule has 216 valence electrons. The van der Waals surface area contributed by atoms with Gasteiger partial charge in [-0.2, -0.15) is 0 Å². The Morgan fingerprint density at radius 1 is 0.902 bits per heavy atom. The number of carboxylic acid groups (broad SMARTS) is 2. The number of hydrogen-bond acceptors (Lipinski definition) is 4. The Morgan fingerprint density at radius 2 is 1.46 bits per heavy atom. The lowest BCUT2D eigenvalue weighted by Crippen LogP contribution is -2.30. The molecule has 2 N–H and O–H groups in total. The first-order chi connectivity index (χ1) is 19.6. The van der Waals surface area contributed by atoms with Gasteiger partial charge in [-0.25, -0.2) is 22.8 Å². The highest BCUT2D eigenvalue weighted by Gasteiger charge is 2.17. The zero-order valence-electron chi connectivity index (χ0n) is 22.6. The molecule has 0 aromatic heterocycles. The van der Waals surface area contributed by atoms with Crippen molar-refractivity contribution in [1.82, 2.24) is 4.90 Å². The second-order valence-corrected chi connectivity index (χ2v) is 9.54. The first kappa shape index (κ1) is 31.2. The first-order valence-corrected chi connectivity index (χ1v) is 13.1. The van der Waals surface area contributed by atoms with Crippen LogP contribution in [0.1, 0.15) is 41.9 Å². The molecule has 4 rings (SSSR count). The van der Waals surface area contributed by atoms with E-state index in [1.807, 2.05) is 24.3 Å². The van der Waals surface area contributed by atoms with Crippen LogP contribution in [0.5, 0.6) is 5.75 Å². The summed E-state index contributed by atoms with van der Waals surface area (Å²) in [5.41, 5.74) is 2.64. The van der Waals surface area contributed by atoms with Crippen LogP contribution in [0.15, 0.2) is 90.7 Å². The average Bonchev–Trinajstić information content (AvgIpc) is 2.95. The fourth-order valence-corrected chi connectivity index (χ4v) is 4.40. The Labute approximate surface area is 237 Å². The SMILES string of the molecule is Cc1cc(OC2=CCN(CCCC(c3ccc(F)cc3)c3ccc(F)cc3)CC2)ccc1F.O=C(O)/C=C/C(=O)O. The lowest BCUT2D eigenvalue weighted by atomic mass is 9.87. The van der Waals surface area contributed by atoms with Crippen LogP contribution < -0.4 is 4.74 Å². The van der Waals surface area contributed by atoms with Crippen molar-refractivity contribution in [3.05, 3.63) is 125 Å². The number of nitrogens with zero attached hydrogens (tertiary/aromatic N) is 1. The predicted octanol–water partition coefficient (Wildman–Crippen LogP) is 6.70. The number of carboxylic acids is 2. The molecule has 0 unspecified atom stereocenters. The summed E-state index contributed by atoms with van der Waals surface area (Å²) in [4.78, 5) is 21.5. The van der Waals surface area contributed by atoms with Gasteiger partial charge in [-0.1, -0.05) is 24.3 Å². The van der Waals surface area contributed by atoms with Crippen molar-refractivity contribution in [1.29, 1.82) is 0 Å². The van der Waals surface area contributed by atoms with Gasteiger partial charge in [0.25, 0.3) is 0 Å². The molecule has 0 fully saturated rings. The van der Waals surface area contributed by atoms with Crippen LogP contribution >= 0.6 is 0 Å². The van der Waals surface area contributed by atoms with Crippen molar-refractivity contribution in [2.45, 2.75) is 32.1 Å². The zero-order chi connectivity index (χ0) is 29.8. The van der Waals surface area contributed by atoms with Gasteiger partial charge in [0.2, 0.25) is 0 Å². The molecule has 0 atom stereocenters. The van der Waals surface area contributed by atoms with E-state index in [9.17, 15) is 22.8 Å². The molecule has 0 saturated carbocycles. The van der Waals surface area contributed by atoms with Gasteiger partial charge in [-0.15, -0.1) is 0 Å². The largest absolute Gasteiger partial charge is 0.478 e. The minimum absolute atomic E-state index is 0.0899. The third-order valence-corrected chi connectivity index (χ3v) is 6.51. The number of aliphatic carboxylic acids is 2. The highest BCUT2D eigenvalue weighted by atomic mass is 19.1. The van der Waals surface area contributed by atoms with Crippen LogP contribution in [-0.4, -0.2) is 46.7 Å². The Morgan fingerprint density at radius 3 is 1.93 bits per heavy atom. The number of ether oxygens (including phenoxy) is 1. The summed E-state index contributed by atoms with van der Waals surface area (Å²) in [6.07, 6.45) is 5.84. The number of aryl methyl sites for hydroxylation is 1. The molecule has 0 amide bonds. The number of rotatable bonds is 10. The van der Waals surface area contributed by atoms with Gasteiger partial charge in [0.15, 0.2) is 0 Å². The molecule has 1 aliphatic rings. The fourth-order valence-electron chi connectivity index (χ4n) is 4.40. The molecule has 0 aliphatic carbocycles. The molecule has 0 spiro atoms. The van der Waals surface area contributed by atoms with E-state index < -0.39 is 11.9 Å². The topological polar surface area (TPSA) is 87.1 Å². The standard InChI is InChI=1S/C28H28F3NO.C4H4O4/c1-20-19-26(12-13-28(20)31)33-25-14-17-32(18-15-25)16-2-3-27(21-4-8-23(29)9-5-21)22-6-10-24(30)11-7-22;5-3(6)1-2-4(7)8/h4-14,19,27H,2-3,15-18H2,1H3;1-2H,(H,5,6)(H,7,8)/b;2-1+. The van der Waals surface area contributed by atoms with Crippen LogP contribution in [0.3, 0.4) is 0 Å². The maximum absolute atomic E-state index is 13.4. The van der Waals surface area contributed by atoms with E-state index >= 15 is 0 Å². The van der Waals surface area contributed by atoms with Crippen molar-refractivity contribution in [2.24, 2.45) is 0 Å². The highest BCUT2D eigenvalue weighted by Crippen LogP contribution is 2.30. The second-order valence-electron chi connectivity index (χ2n) is 9.54. The molecule has 1 aliphatic heterocycles. The summed E-state index contributed by atoms with van der Waals surface area (Å²) in [5, 5.41) is 15.6. The third kappa shape index (κ3) is 10.6. The predicted molar refractivity (Wildman–Crippen MR) is 149 cm³/mol. The van der Waals surface area contributed by atoms with Gasteiger partial charge in [0, 0.05) is 37.6 Å². The fraction of sp³-hybridized carbons (Fsp3) is 0.250. The van der Waals surface area contributed by atoms with E-state index in [0.717, 1.165) is 55.8 Å². The molecule has 0 saturated heterocycles. The summed E-state index contributed by atoms with van der Waals surface area (Å²) in [6.45, 7) is 4.35. The summed E-state index contributed by atoms with van der Waals surface area (Å²) in [5.74, 6) is -1.60. The van der Waals surface area contributed by atoms with Gasteiger partial charge >= 0.3 is 11.9 Å². The van der Waals surface area contributed by atoms with Crippen molar-refractivity contribution >= 4 is 11.9 Å². The Kier molecular flexibility index (Phi) is 11.7. The minimum atomic E-state index is -1.26. The number of carbonyl (C=O) groups is 2. The summed E-state index contributed by atoms with van der Waals surface area (Å²) in [7, 11) is 0. The van der Waals surface area contributed by atoms with Gasteiger partial charge in [0.05, 0.1) is 0 Å². The normalized spacial score (nSPS) is 13.4. The van der Waals surface area contributed by atoms with Crippen molar-refractivity contribution in [3.63, 3.8) is 0 Å². The lowest BCUT2D eigenvalue weighted by Gasteiger charge is -2.27. The van der Waals surface area contributed by atoms with Gasteiger partial charge in [-0.05, 0) is 91.5 Å². The molecule has 3 aromatic carbocycles. The highest BCUT2D eigenvalue weighted by molar-refractivity contribution is 5.89. The van der Waals surface area contributed by atoms with Crippen LogP contribution in [-0.2, 0) is 9.59 Å². The smallest absolute Gasteiger partial charge is 0.328 e. The van der Waals surface area contributed by atoms with E-state index in [1.54, 1.807) is 19.1 Å². The van der Waals surface area contributed by atoms with Crippen molar-refractivity contribution in [2.75, 3.05) is 19.6 Å². The molecule has 0 bridgehead atoms. The Balaban J connectivity index is 0.000000507. The van der Waals surface area contributed by atoms with E-state index in [2.05, 4.69) is 11.0 Å². The molecule has 0 radical (unpaired) electrons. The molecule has 3 aromatic rings. The number of hydrogen-bond donors (Lipinski definition) is 2. The van der Waals surface area contributed by atoms with Gasteiger partial charge in [0.1, 0.15) is 29.0 Å². The second kappa shape index (κ2) is 15.4. The molecule has 6 nitrogen and oxygen atoms in total. The molecular formula is C32H32F3NO5.